The van der Waals surface area contributed by atoms with E-state index in [1.807, 2.05) is 0 Å². The Morgan fingerprint density at radius 3 is 3.00 bits per heavy atom. The number of sulfonamides is 1. The van der Waals surface area contributed by atoms with E-state index in [4.69, 9.17) is 5.73 Å². The van der Waals surface area contributed by atoms with Gasteiger partial charge in [0.05, 0.1) is 12.6 Å². The topological polar surface area (TPSA) is 111 Å². The number of methoxy groups -OCH3 is 1. The van der Waals surface area contributed by atoms with Gasteiger partial charge in [-0.2, -0.15) is 0 Å². The number of rotatable bonds is 5. The summed E-state index contributed by atoms with van der Waals surface area (Å²) in [7, 11) is -2.59. The third kappa shape index (κ3) is 3.00. The van der Waals surface area contributed by atoms with E-state index in [2.05, 4.69) is 14.4 Å². The van der Waals surface area contributed by atoms with E-state index in [0.29, 0.717) is 6.54 Å². The smallest absolute Gasteiger partial charge is 0.358 e. The molecule has 2 unspecified atom stereocenters. The first kappa shape index (κ1) is 15.4. The highest BCUT2D eigenvalue weighted by Crippen LogP contribution is 2.28. The van der Waals surface area contributed by atoms with Gasteiger partial charge in [-0.3, -0.25) is 0 Å². The fourth-order valence-corrected chi connectivity index (χ4v) is 4.87. The summed E-state index contributed by atoms with van der Waals surface area (Å²) in [4.78, 5) is 15.3. The summed E-state index contributed by atoms with van der Waals surface area (Å²) in [6, 6.07) is -0.183. The third-order valence-corrected chi connectivity index (χ3v) is 6.29. The molecular formula is C11H17N3O4S2. The van der Waals surface area contributed by atoms with Crippen LogP contribution >= 0.6 is 11.3 Å². The summed E-state index contributed by atoms with van der Waals surface area (Å²) in [6.07, 6.45) is 2.62. The average Bonchev–Trinajstić information content (AvgIpc) is 3.05. The van der Waals surface area contributed by atoms with Crippen LogP contribution in [0.2, 0.25) is 0 Å². The van der Waals surface area contributed by atoms with E-state index in [1.165, 1.54) is 12.6 Å². The predicted octanol–water partition coefficient (Wildman–Crippen LogP) is 0.335. The normalized spacial score (nSPS) is 22.9. The maximum absolute atomic E-state index is 12.4. The van der Waals surface area contributed by atoms with Gasteiger partial charge in [0.15, 0.2) is 9.90 Å². The molecule has 2 rings (SSSR count). The molecule has 1 fully saturated rings. The minimum Gasteiger partial charge on any atom is -0.464 e. The van der Waals surface area contributed by atoms with E-state index in [-0.39, 0.29) is 21.9 Å². The highest BCUT2D eigenvalue weighted by molar-refractivity contribution is 7.91. The zero-order valence-electron chi connectivity index (χ0n) is 11.0. The lowest BCUT2D eigenvalue weighted by molar-refractivity contribution is 0.0590. The summed E-state index contributed by atoms with van der Waals surface area (Å²) in [5, 5.41) is 0. The molecule has 0 amide bonds. The van der Waals surface area contributed by atoms with Gasteiger partial charge in [0.2, 0.25) is 0 Å². The van der Waals surface area contributed by atoms with Gasteiger partial charge in [0.1, 0.15) is 0 Å². The Kier molecular flexibility index (Phi) is 4.74. The van der Waals surface area contributed by atoms with Crippen molar-refractivity contribution in [3.63, 3.8) is 0 Å². The molecule has 20 heavy (non-hydrogen) atoms. The number of nitrogens with zero attached hydrogens (tertiary/aromatic N) is 1. The van der Waals surface area contributed by atoms with Crippen LogP contribution in [0, 0.1) is 5.92 Å². The molecule has 1 saturated carbocycles. The summed E-state index contributed by atoms with van der Waals surface area (Å²) in [5.41, 5.74) is 6.78. The maximum atomic E-state index is 12.4. The SMILES string of the molecule is COC(=O)c1ncsc1S(=O)(=O)NC1CCCC1CN. The fraction of sp³-hybridized carbons (Fsp3) is 0.636. The van der Waals surface area contributed by atoms with Crippen molar-refractivity contribution < 1.29 is 17.9 Å². The number of esters is 1. The van der Waals surface area contributed by atoms with Crippen LogP contribution in [-0.4, -0.2) is 39.1 Å². The van der Waals surface area contributed by atoms with E-state index in [9.17, 15) is 13.2 Å². The van der Waals surface area contributed by atoms with Gasteiger partial charge in [0, 0.05) is 6.04 Å². The Morgan fingerprint density at radius 2 is 2.35 bits per heavy atom. The molecule has 0 radical (unpaired) electrons. The number of nitrogens with one attached hydrogen (secondary N) is 1. The molecule has 0 bridgehead atoms. The van der Waals surface area contributed by atoms with Crippen LogP contribution in [0.5, 0.6) is 0 Å². The zero-order valence-corrected chi connectivity index (χ0v) is 12.7. The molecular weight excluding hydrogens is 302 g/mol. The first-order chi connectivity index (χ1) is 9.49. The molecule has 3 N–H and O–H groups in total. The molecule has 0 saturated heterocycles. The lowest BCUT2D eigenvalue weighted by atomic mass is 10.1. The van der Waals surface area contributed by atoms with Gasteiger partial charge in [0.25, 0.3) is 10.0 Å². The second-order valence-electron chi connectivity index (χ2n) is 4.63. The van der Waals surface area contributed by atoms with Gasteiger partial charge in [-0.1, -0.05) is 6.42 Å². The number of nitrogens with two attached hydrogens (primary N) is 1. The largest absolute Gasteiger partial charge is 0.464 e. The molecule has 0 spiro atoms. The molecule has 0 aromatic carbocycles. The fourth-order valence-electron chi connectivity index (χ4n) is 2.39. The average molecular weight is 319 g/mol. The highest BCUT2D eigenvalue weighted by Gasteiger charge is 2.33. The quantitative estimate of drug-likeness (QED) is 0.757. The molecule has 1 aromatic heterocycles. The molecule has 0 aliphatic heterocycles. The lowest BCUT2D eigenvalue weighted by Gasteiger charge is -2.18. The van der Waals surface area contributed by atoms with Crippen molar-refractivity contribution in [2.24, 2.45) is 11.7 Å². The second kappa shape index (κ2) is 6.17. The number of hydrogen-bond acceptors (Lipinski definition) is 7. The Balaban J connectivity index is 2.23. The summed E-state index contributed by atoms with van der Waals surface area (Å²) in [5.74, 6) is -0.618. The van der Waals surface area contributed by atoms with Crippen LogP contribution in [0.25, 0.3) is 0 Å². The van der Waals surface area contributed by atoms with Crippen LogP contribution < -0.4 is 10.5 Å². The van der Waals surface area contributed by atoms with Crippen LogP contribution in [-0.2, 0) is 14.8 Å². The number of carbonyl (C=O) groups is 1. The highest BCUT2D eigenvalue weighted by atomic mass is 32.2. The molecule has 1 aliphatic rings. The van der Waals surface area contributed by atoms with Crippen LogP contribution in [0.15, 0.2) is 9.72 Å². The van der Waals surface area contributed by atoms with Crippen molar-refractivity contribution >= 4 is 27.3 Å². The molecule has 1 aromatic rings. The molecule has 7 nitrogen and oxygen atoms in total. The molecule has 1 heterocycles. The summed E-state index contributed by atoms with van der Waals surface area (Å²) < 4.78 is 31.8. The third-order valence-electron chi connectivity index (χ3n) is 3.43. The zero-order chi connectivity index (χ0) is 14.8. The van der Waals surface area contributed by atoms with Crippen LogP contribution in [0.3, 0.4) is 0 Å². The predicted molar refractivity (Wildman–Crippen MR) is 74.0 cm³/mol. The minimum absolute atomic E-state index is 0.105. The van der Waals surface area contributed by atoms with Gasteiger partial charge < -0.3 is 10.5 Å². The molecule has 2 atom stereocenters. The lowest BCUT2D eigenvalue weighted by Crippen LogP contribution is -2.40. The standard InChI is InChI=1S/C11H17N3O4S2/c1-18-10(15)9-11(19-6-13-9)20(16,17)14-8-4-2-3-7(8)5-12/h6-8,14H,2-5,12H2,1H3. The van der Waals surface area contributed by atoms with Crippen molar-refractivity contribution in [3.8, 4) is 0 Å². The van der Waals surface area contributed by atoms with Crippen molar-refractivity contribution in [2.75, 3.05) is 13.7 Å². The number of hydrogen-bond donors (Lipinski definition) is 2. The van der Waals surface area contributed by atoms with E-state index in [1.54, 1.807) is 0 Å². The number of ether oxygens (including phenoxy) is 1. The first-order valence-electron chi connectivity index (χ1n) is 6.23. The molecule has 1 aliphatic carbocycles. The Bertz CT molecular complexity index is 584. The Hall–Kier alpha value is -1.03. The maximum Gasteiger partial charge on any atom is 0.358 e. The summed E-state index contributed by atoms with van der Waals surface area (Å²) in [6.45, 7) is 0.444. The monoisotopic (exact) mass is 319 g/mol. The Morgan fingerprint density at radius 1 is 1.60 bits per heavy atom. The van der Waals surface area contributed by atoms with Crippen molar-refractivity contribution in [1.82, 2.24) is 9.71 Å². The van der Waals surface area contributed by atoms with Gasteiger partial charge in [-0.15, -0.1) is 11.3 Å². The van der Waals surface area contributed by atoms with Gasteiger partial charge >= 0.3 is 5.97 Å². The van der Waals surface area contributed by atoms with E-state index < -0.39 is 16.0 Å². The Labute approximate surface area is 121 Å². The van der Waals surface area contributed by atoms with Gasteiger partial charge in [-0.05, 0) is 25.3 Å². The molecule has 112 valence electrons. The van der Waals surface area contributed by atoms with Crippen LogP contribution in [0.1, 0.15) is 29.8 Å². The summed E-state index contributed by atoms with van der Waals surface area (Å²) >= 11 is 0.899. The van der Waals surface area contributed by atoms with Crippen LogP contribution in [0.4, 0.5) is 0 Å². The number of aromatic nitrogens is 1. The van der Waals surface area contributed by atoms with Crippen molar-refractivity contribution in [2.45, 2.75) is 29.5 Å². The van der Waals surface area contributed by atoms with Gasteiger partial charge in [-0.25, -0.2) is 22.9 Å². The van der Waals surface area contributed by atoms with E-state index in [0.717, 1.165) is 30.6 Å². The first-order valence-corrected chi connectivity index (χ1v) is 8.60. The number of thiazole rings is 1. The van der Waals surface area contributed by atoms with Crippen molar-refractivity contribution in [3.05, 3.63) is 11.2 Å². The van der Waals surface area contributed by atoms with Crippen molar-refractivity contribution in [1.29, 1.82) is 0 Å². The second-order valence-corrected chi connectivity index (χ2v) is 7.40. The number of carbonyl (C=O) groups excluding carboxylic acids is 1. The minimum atomic E-state index is -3.78. The van der Waals surface area contributed by atoms with E-state index >= 15 is 0 Å². The molecule has 9 heteroatoms.